The Morgan fingerprint density at radius 2 is 1.52 bits per heavy atom. The van der Waals surface area contributed by atoms with Gasteiger partial charge in [0.15, 0.2) is 29.8 Å². The number of thiol groups is 1. The number of aromatic nitrogens is 10. The lowest BCUT2D eigenvalue weighted by Crippen LogP contribution is -2.52. The quantitative estimate of drug-likeness (QED) is 0.0229. The Kier molecular flexibility index (Phi) is 22.0. The van der Waals surface area contributed by atoms with Gasteiger partial charge in [0, 0.05) is 43.1 Å². The Bertz CT molecular complexity index is 4750. The van der Waals surface area contributed by atoms with E-state index >= 15 is 4.39 Å². The number of aryl methyl sites for hydroxylation is 1. The molecule has 6 amide bonds. The van der Waals surface area contributed by atoms with Gasteiger partial charge in [0.05, 0.1) is 81.2 Å². The van der Waals surface area contributed by atoms with Gasteiger partial charge in [0.2, 0.25) is 35.4 Å². The number of alkyl halides is 1. The summed E-state index contributed by atoms with van der Waals surface area (Å²) in [6.45, 7) is -5.58. The number of benzene rings is 3. The van der Waals surface area contributed by atoms with Gasteiger partial charge >= 0.3 is 13.5 Å². The van der Waals surface area contributed by atoms with Gasteiger partial charge in [-0.3, -0.25) is 56.3 Å². The summed E-state index contributed by atoms with van der Waals surface area (Å²) < 4.78 is 77.5. The van der Waals surface area contributed by atoms with Crippen LogP contribution >= 0.6 is 25.8 Å². The second kappa shape index (κ2) is 31.1. The van der Waals surface area contributed by atoms with Crippen LogP contribution in [0.15, 0.2) is 109 Å². The van der Waals surface area contributed by atoms with Crippen molar-refractivity contribution in [3.63, 3.8) is 0 Å². The number of halogens is 1. The molecule has 0 spiro atoms. The van der Waals surface area contributed by atoms with Crippen molar-refractivity contribution in [3.8, 4) is 22.5 Å². The van der Waals surface area contributed by atoms with Crippen LogP contribution in [0.1, 0.15) is 69.2 Å². The second-order valence-electron chi connectivity index (χ2n) is 26.1. The molecule has 8 N–H and O–H groups in total. The van der Waals surface area contributed by atoms with E-state index in [4.69, 9.17) is 44.1 Å². The molecule has 0 saturated carbocycles. The summed E-state index contributed by atoms with van der Waals surface area (Å²) in [6.07, 6.45) is -6.14. The van der Waals surface area contributed by atoms with Crippen LogP contribution in [0.4, 0.5) is 15.9 Å². The maximum absolute atomic E-state index is 16.7. The molecule has 550 valence electrons. The van der Waals surface area contributed by atoms with E-state index in [1.54, 1.807) is 41.4 Å². The molecule has 2 unspecified atom stereocenters. The number of imidazole rings is 1. The molecule has 34 nitrogen and oxygen atoms in total. The van der Waals surface area contributed by atoms with Gasteiger partial charge in [-0.2, -0.15) is 0 Å². The maximum Gasteiger partial charge on any atom is 0.386 e. The first kappa shape index (κ1) is 73.5. The lowest BCUT2D eigenvalue weighted by Gasteiger charge is -2.30. The van der Waals surface area contributed by atoms with Crippen LogP contribution in [-0.4, -0.2) is 190 Å². The number of para-hydroxylation sites is 1. The Morgan fingerprint density at radius 3 is 2.33 bits per heavy atom. The van der Waals surface area contributed by atoms with Gasteiger partial charge in [0.1, 0.15) is 73.1 Å². The molecule has 5 aliphatic heterocycles. The molecular weight excluding hydrogens is 1440 g/mol. The highest BCUT2D eigenvalue weighted by atomic mass is 32.7. The molecule has 13 rings (SSSR count). The summed E-state index contributed by atoms with van der Waals surface area (Å²) in [4.78, 5) is 124. The lowest BCUT2D eigenvalue weighted by atomic mass is 9.94. The van der Waals surface area contributed by atoms with Crippen molar-refractivity contribution in [2.45, 2.75) is 127 Å². The van der Waals surface area contributed by atoms with E-state index in [1.807, 2.05) is 74.0 Å². The average molecular weight is 1510 g/mol. The zero-order valence-corrected chi connectivity index (χ0v) is 59.7. The Hall–Kier alpha value is -8.81. The first-order valence-electron chi connectivity index (χ1n) is 33.3. The van der Waals surface area contributed by atoms with Crippen molar-refractivity contribution in [1.29, 1.82) is 0 Å². The molecule has 10 heterocycles. The zero-order valence-electron chi connectivity index (χ0n) is 56.2. The normalized spacial score (nSPS) is 24.1. The number of nitrogens with one attached hydrogen (secondary N) is 6. The van der Waals surface area contributed by atoms with E-state index in [0.717, 1.165) is 34.4 Å². The molecule has 104 heavy (non-hydrogen) atoms. The summed E-state index contributed by atoms with van der Waals surface area (Å²) in [5, 5.41) is 37.2. The number of hydrogen-bond acceptors (Lipinski definition) is 24. The van der Waals surface area contributed by atoms with Crippen molar-refractivity contribution in [3.05, 3.63) is 131 Å². The van der Waals surface area contributed by atoms with E-state index in [1.165, 1.54) is 32.7 Å². The van der Waals surface area contributed by atoms with Crippen molar-refractivity contribution in [2.75, 3.05) is 62.9 Å². The van der Waals surface area contributed by atoms with Gasteiger partial charge in [0.25, 0.3) is 5.56 Å². The fraction of sp³-hybridized carbons (Fsp3) is 0.431. The highest BCUT2D eigenvalue weighted by molar-refractivity contribution is 8.44. The van der Waals surface area contributed by atoms with E-state index in [9.17, 15) is 48.1 Å². The molecule has 3 aromatic carbocycles. The van der Waals surface area contributed by atoms with Crippen LogP contribution < -0.4 is 42.4 Å². The third kappa shape index (κ3) is 16.2. The third-order valence-corrected chi connectivity index (χ3v) is 21.1. The first-order valence-corrected chi connectivity index (χ1v) is 38.5. The van der Waals surface area contributed by atoms with Crippen LogP contribution in [0.2, 0.25) is 0 Å². The summed E-state index contributed by atoms with van der Waals surface area (Å²) in [6, 6.07) is 22.6. The number of fused-ring (bicyclic) bond motifs is 9. The van der Waals surface area contributed by atoms with Gasteiger partial charge in [-0.05, 0) is 68.2 Å². The van der Waals surface area contributed by atoms with Crippen LogP contribution in [0.25, 0.3) is 44.7 Å². The molecule has 2 bridgehead atoms. The molecule has 39 heteroatoms. The van der Waals surface area contributed by atoms with Gasteiger partial charge < -0.3 is 70.1 Å². The van der Waals surface area contributed by atoms with E-state index in [2.05, 4.69) is 74.4 Å². The molecule has 0 radical (unpaired) electrons. The van der Waals surface area contributed by atoms with E-state index in [-0.39, 0.29) is 62.8 Å². The van der Waals surface area contributed by atoms with Crippen LogP contribution in [-0.2, 0) is 109 Å². The largest absolute Gasteiger partial charge is 0.387 e. The zero-order chi connectivity index (χ0) is 73.2. The van der Waals surface area contributed by atoms with Crippen molar-refractivity contribution < 1.29 is 80.0 Å². The number of aliphatic hydroxyl groups is 1. The second-order valence-corrected chi connectivity index (χ2v) is 31.7. The maximum atomic E-state index is 16.7. The lowest BCUT2D eigenvalue weighted by molar-refractivity contribution is -0.131. The molecule has 11 atom stereocenters. The molecule has 5 aliphatic rings. The fourth-order valence-corrected chi connectivity index (χ4v) is 15.8. The molecule has 5 aromatic heterocycles. The molecule has 3 fully saturated rings. The number of anilines is 2. The van der Waals surface area contributed by atoms with Crippen LogP contribution in [0.5, 0.6) is 0 Å². The summed E-state index contributed by atoms with van der Waals surface area (Å²) in [7, 11) is 0. The minimum Gasteiger partial charge on any atom is -0.387 e. The van der Waals surface area contributed by atoms with Gasteiger partial charge in [-0.25, -0.2) is 33.6 Å². The van der Waals surface area contributed by atoms with Gasteiger partial charge in [-0.15, -0.1) is 5.10 Å². The van der Waals surface area contributed by atoms with Gasteiger partial charge in [-0.1, -0.05) is 90.3 Å². The predicted octanol–water partition coefficient (Wildman–Crippen LogP) is 3.14. The smallest absolute Gasteiger partial charge is 0.386 e. The minimum absolute atomic E-state index is 0.00574. The standard InChI is InChI=1S/C65H74FN17O17P2S2/c1-65(2,3)83-54-40-17-9-10-18-42(40)80(28-37-14-7-8-16-39(37)52(54)77-78-83)49(88)20-19-45(84)68-25-46(85)69-27-48(87)76-41(24-36-12-5-4-6-13-36)61(90)70-26-47(86)75-35-94-23-22-79-33-74-60-53(62(79)91)73-34-82(60)64-57-55(89)43(97-64)30-95-101(92,103)99-56-44(31-96-102(93,104)100-57)98-63(51(56)66)81-29-38-15-11-21-67-58-50(38)59(81)72-32-71-58/h4-10,12-14,16-18,29,32-34,41,43-44,51,55-57,63-64,89H,11,15,19-28,30-31,35H2,1-3H3,(H,68,84)(H,69,85)(H,70,90)(H,75,86)(H,76,87)(H,92,103)(H,93,104)(H,67,71,72)/t41-,43+,44+,51+,55+,56+,57+,63+,64+,101?,102?/m0/s1. The highest BCUT2D eigenvalue weighted by Crippen LogP contribution is 2.59. The number of nitrogens with zero attached hydrogens (tertiary/aromatic N) is 11. The summed E-state index contributed by atoms with van der Waals surface area (Å²) in [5.74, 6) is -3.21. The van der Waals surface area contributed by atoms with Crippen molar-refractivity contribution >= 4 is 107 Å². The number of ether oxygens (including phenoxy) is 3. The monoisotopic (exact) mass is 1510 g/mol. The predicted molar refractivity (Wildman–Crippen MR) is 376 cm³/mol. The number of rotatable bonds is 20. The molecule has 3 saturated heterocycles. The van der Waals surface area contributed by atoms with E-state index < -0.39 is 142 Å². The Balaban J connectivity index is 0.561. The minimum atomic E-state index is -4.55. The van der Waals surface area contributed by atoms with Crippen LogP contribution in [0.3, 0.4) is 0 Å². The number of amides is 6. The first-order chi connectivity index (χ1) is 49.9. The SMILES string of the molecule is CC(C)(C)n1nnc2c1-c1ccccc1N(C(=O)CCC(=O)NCC(=O)NCC(=O)N[C@@H](Cc1ccccc1)C(=O)NCC(=O)NCOCCn1cnc3c(ncn3[C@@H]3O[C@@H]4COP(O)(=S)O[C@H]5[C@@H](F)[C@H](n6cc7c8c(ncnc86)NCCC7)O[C@@H]5COP(=O)(S)O[C@@H]3[C@@H]4O)c1=O)Cc1ccccc1-2. The molecule has 8 aromatic rings. The number of hydrogen-bond donors (Lipinski definition) is 9. The van der Waals surface area contributed by atoms with Crippen LogP contribution in [0, 0.1) is 0 Å². The molecule has 0 aliphatic carbocycles. The summed E-state index contributed by atoms with van der Waals surface area (Å²) in [5.41, 5.74) is 5.01. The highest BCUT2D eigenvalue weighted by Gasteiger charge is 2.54. The number of carbonyl (C=O) groups excluding carboxylic acids is 6. The molecular formula is C65H74FN17O17P2S2. The topological polar surface area (TPSA) is 414 Å². The summed E-state index contributed by atoms with van der Waals surface area (Å²) >= 11 is 9.54. The third-order valence-electron chi connectivity index (χ3n) is 17.9. The average Bonchev–Trinajstić information content (AvgIpc) is 1.55. The van der Waals surface area contributed by atoms with Crippen molar-refractivity contribution in [1.82, 2.24) is 75.2 Å². The number of carbonyl (C=O) groups is 6. The number of aliphatic hydroxyl groups excluding tert-OH is 1. The fourth-order valence-electron chi connectivity index (χ4n) is 12.9. The van der Waals surface area contributed by atoms with Crippen molar-refractivity contribution in [2.24, 2.45) is 0 Å². The Labute approximate surface area is 602 Å². The Morgan fingerprint density at radius 1 is 0.798 bits per heavy atom. The van der Waals surface area contributed by atoms with E-state index in [0.29, 0.717) is 46.8 Å².